The summed E-state index contributed by atoms with van der Waals surface area (Å²) in [4.78, 5) is 16.3. The zero-order chi connectivity index (χ0) is 14.7. The van der Waals surface area contributed by atoms with E-state index in [2.05, 4.69) is 30.9 Å². The number of rotatable bonds is 3. The second kappa shape index (κ2) is 6.16. The molecule has 110 valence electrons. The van der Waals surface area contributed by atoms with Crippen LogP contribution in [0.5, 0.6) is 0 Å². The summed E-state index contributed by atoms with van der Waals surface area (Å²) >= 11 is 0. The van der Waals surface area contributed by atoms with Crippen LogP contribution in [-0.2, 0) is 4.79 Å². The molecule has 1 aliphatic heterocycles. The van der Waals surface area contributed by atoms with Gasteiger partial charge in [0, 0.05) is 44.0 Å². The Labute approximate surface area is 121 Å². The Bertz CT molecular complexity index is 477. The van der Waals surface area contributed by atoms with E-state index in [1.807, 2.05) is 17.9 Å². The molecule has 4 nitrogen and oxygen atoms in total. The number of aryl methyl sites for hydroxylation is 1. The van der Waals surface area contributed by atoms with Crippen molar-refractivity contribution in [2.24, 2.45) is 5.92 Å². The molecule has 2 N–H and O–H groups in total. The molecule has 0 radical (unpaired) electrons. The molecular formula is C16H25N3O. The minimum absolute atomic E-state index is 0.281. The summed E-state index contributed by atoms with van der Waals surface area (Å²) < 4.78 is 0. The van der Waals surface area contributed by atoms with E-state index in [4.69, 9.17) is 5.73 Å². The van der Waals surface area contributed by atoms with Gasteiger partial charge in [-0.2, -0.15) is 0 Å². The lowest BCUT2D eigenvalue weighted by molar-refractivity contribution is -0.132. The van der Waals surface area contributed by atoms with Gasteiger partial charge in [-0.05, 0) is 30.5 Å². The Hall–Kier alpha value is -1.71. The second-order valence-corrected chi connectivity index (χ2v) is 6.01. The van der Waals surface area contributed by atoms with E-state index in [1.54, 1.807) is 0 Å². The first-order chi connectivity index (χ1) is 9.47. The van der Waals surface area contributed by atoms with Gasteiger partial charge >= 0.3 is 0 Å². The third-order valence-corrected chi connectivity index (χ3v) is 3.84. The average Bonchev–Trinajstić information content (AvgIpc) is 2.41. The van der Waals surface area contributed by atoms with E-state index in [-0.39, 0.29) is 5.91 Å². The van der Waals surface area contributed by atoms with Gasteiger partial charge in [0.1, 0.15) is 0 Å². The molecule has 0 unspecified atom stereocenters. The van der Waals surface area contributed by atoms with Crippen molar-refractivity contribution in [1.82, 2.24) is 4.90 Å². The predicted molar refractivity (Wildman–Crippen MR) is 83.8 cm³/mol. The number of hydrogen-bond donors (Lipinski definition) is 1. The molecule has 1 aromatic rings. The molecule has 2 rings (SSSR count). The third-order valence-electron chi connectivity index (χ3n) is 3.84. The zero-order valence-corrected chi connectivity index (χ0v) is 12.7. The Morgan fingerprint density at radius 3 is 2.45 bits per heavy atom. The van der Waals surface area contributed by atoms with Crippen molar-refractivity contribution >= 4 is 17.3 Å². The van der Waals surface area contributed by atoms with Gasteiger partial charge in [-0.25, -0.2) is 0 Å². The fraction of sp³-hybridized carbons (Fsp3) is 0.562. The first-order valence-corrected chi connectivity index (χ1v) is 7.36. The maximum absolute atomic E-state index is 12.0. The molecule has 1 heterocycles. The molecule has 1 amide bonds. The summed E-state index contributed by atoms with van der Waals surface area (Å²) in [5.74, 6) is 0.709. The van der Waals surface area contributed by atoms with Crippen LogP contribution in [0.4, 0.5) is 11.4 Å². The number of carbonyl (C=O) groups excluding carboxylic acids is 1. The van der Waals surface area contributed by atoms with E-state index in [9.17, 15) is 4.79 Å². The molecular weight excluding hydrogens is 250 g/mol. The molecule has 0 aliphatic carbocycles. The average molecular weight is 275 g/mol. The van der Waals surface area contributed by atoms with Crippen LogP contribution in [0.3, 0.4) is 0 Å². The molecule has 0 aromatic heterocycles. The van der Waals surface area contributed by atoms with Gasteiger partial charge in [0.15, 0.2) is 0 Å². The lowest BCUT2D eigenvalue weighted by Gasteiger charge is -2.36. The number of carbonyl (C=O) groups is 1. The highest BCUT2D eigenvalue weighted by Crippen LogP contribution is 2.22. The van der Waals surface area contributed by atoms with E-state index < -0.39 is 0 Å². The Kier molecular flexibility index (Phi) is 4.53. The van der Waals surface area contributed by atoms with Crippen LogP contribution in [0, 0.1) is 12.8 Å². The number of hydrogen-bond acceptors (Lipinski definition) is 3. The van der Waals surface area contributed by atoms with Gasteiger partial charge in [-0.1, -0.05) is 19.9 Å². The number of nitrogens with zero attached hydrogens (tertiary/aromatic N) is 2. The number of amides is 1. The smallest absolute Gasteiger partial charge is 0.222 e. The van der Waals surface area contributed by atoms with Crippen LogP contribution in [0.25, 0.3) is 0 Å². The molecule has 1 fully saturated rings. The minimum Gasteiger partial charge on any atom is -0.398 e. The van der Waals surface area contributed by atoms with E-state index in [1.165, 1.54) is 0 Å². The Balaban J connectivity index is 1.94. The Morgan fingerprint density at radius 2 is 1.90 bits per heavy atom. The summed E-state index contributed by atoms with van der Waals surface area (Å²) in [5.41, 5.74) is 9.07. The van der Waals surface area contributed by atoms with E-state index in [0.29, 0.717) is 12.3 Å². The van der Waals surface area contributed by atoms with Gasteiger partial charge in [-0.15, -0.1) is 0 Å². The fourth-order valence-corrected chi connectivity index (χ4v) is 2.52. The molecule has 20 heavy (non-hydrogen) atoms. The standard InChI is InChI=1S/C16H25N3O/c1-12(2)10-16(20)19-8-6-18(7-9-19)14-5-4-13(3)15(17)11-14/h4-5,11-12H,6-10,17H2,1-3H3. The second-order valence-electron chi connectivity index (χ2n) is 6.01. The molecule has 1 aliphatic rings. The third kappa shape index (κ3) is 3.44. The maximum atomic E-state index is 12.0. The van der Waals surface area contributed by atoms with Gasteiger partial charge in [0.25, 0.3) is 0 Å². The molecule has 4 heteroatoms. The first-order valence-electron chi connectivity index (χ1n) is 7.36. The summed E-state index contributed by atoms with van der Waals surface area (Å²) in [7, 11) is 0. The fourth-order valence-electron chi connectivity index (χ4n) is 2.52. The highest BCUT2D eigenvalue weighted by atomic mass is 16.2. The minimum atomic E-state index is 0.281. The number of benzene rings is 1. The van der Waals surface area contributed by atoms with Crippen LogP contribution in [0.2, 0.25) is 0 Å². The number of piperazine rings is 1. The van der Waals surface area contributed by atoms with Crippen molar-refractivity contribution < 1.29 is 4.79 Å². The van der Waals surface area contributed by atoms with E-state index >= 15 is 0 Å². The number of nitrogens with two attached hydrogens (primary N) is 1. The highest BCUT2D eigenvalue weighted by Gasteiger charge is 2.21. The summed E-state index contributed by atoms with van der Waals surface area (Å²) in [6.45, 7) is 9.56. The lowest BCUT2D eigenvalue weighted by Crippen LogP contribution is -2.49. The number of nitrogen functional groups attached to an aromatic ring is 1. The molecule has 0 spiro atoms. The van der Waals surface area contributed by atoms with Crippen molar-refractivity contribution in [2.75, 3.05) is 36.8 Å². The maximum Gasteiger partial charge on any atom is 0.222 e. The van der Waals surface area contributed by atoms with Crippen LogP contribution in [0.15, 0.2) is 18.2 Å². The normalized spacial score (nSPS) is 15.8. The predicted octanol–water partition coefficient (Wildman–Crippen LogP) is 2.27. The molecule has 1 aromatic carbocycles. The SMILES string of the molecule is Cc1ccc(N2CCN(C(=O)CC(C)C)CC2)cc1N. The van der Waals surface area contributed by atoms with Crippen LogP contribution >= 0.6 is 0 Å². The van der Waals surface area contributed by atoms with E-state index in [0.717, 1.165) is 43.1 Å². The van der Waals surface area contributed by atoms with Gasteiger partial charge < -0.3 is 15.5 Å². The van der Waals surface area contributed by atoms with Crippen LogP contribution in [-0.4, -0.2) is 37.0 Å². The van der Waals surface area contributed by atoms with Crippen molar-refractivity contribution in [3.63, 3.8) is 0 Å². The van der Waals surface area contributed by atoms with Crippen LogP contribution < -0.4 is 10.6 Å². The van der Waals surface area contributed by atoms with Gasteiger partial charge in [0.05, 0.1) is 0 Å². The Morgan fingerprint density at radius 1 is 1.25 bits per heavy atom. The van der Waals surface area contributed by atoms with Crippen molar-refractivity contribution in [3.05, 3.63) is 23.8 Å². The molecule has 0 atom stereocenters. The first kappa shape index (κ1) is 14.7. The quantitative estimate of drug-likeness (QED) is 0.861. The summed E-state index contributed by atoms with van der Waals surface area (Å²) in [5, 5.41) is 0. The number of anilines is 2. The lowest BCUT2D eigenvalue weighted by atomic mass is 10.1. The van der Waals surface area contributed by atoms with Crippen LogP contribution in [0.1, 0.15) is 25.8 Å². The van der Waals surface area contributed by atoms with Gasteiger partial charge in [0.2, 0.25) is 5.91 Å². The summed E-state index contributed by atoms with van der Waals surface area (Å²) in [6.07, 6.45) is 0.650. The van der Waals surface area contributed by atoms with Crippen molar-refractivity contribution in [3.8, 4) is 0 Å². The van der Waals surface area contributed by atoms with Gasteiger partial charge in [-0.3, -0.25) is 4.79 Å². The molecule has 0 saturated carbocycles. The molecule has 1 saturated heterocycles. The summed E-state index contributed by atoms with van der Waals surface area (Å²) in [6, 6.07) is 6.19. The highest BCUT2D eigenvalue weighted by molar-refractivity contribution is 5.76. The topological polar surface area (TPSA) is 49.6 Å². The molecule has 0 bridgehead atoms. The monoisotopic (exact) mass is 275 g/mol. The van der Waals surface area contributed by atoms with Crippen molar-refractivity contribution in [1.29, 1.82) is 0 Å². The van der Waals surface area contributed by atoms with Crippen molar-refractivity contribution in [2.45, 2.75) is 27.2 Å². The largest absolute Gasteiger partial charge is 0.398 e. The zero-order valence-electron chi connectivity index (χ0n) is 12.7.